The Balaban J connectivity index is 2.40. The molecule has 0 aliphatic rings. The Morgan fingerprint density at radius 2 is 2.00 bits per heavy atom. The van der Waals surface area contributed by atoms with E-state index in [2.05, 4.69) is 10.1 Å². The Morgan fingerprint density at radius 3 is 2.67 bits per heavy atom. The lowest BCUT2D eigenvalue weighted by Crippen LogP contribution is -2.05. The van der Waals surface area contributed by atoms with Crippen molar-refractivity contribution in [2.24, 2.45) is 7.05 Å². The zero-order valence-corrected chi connectivity index (χ0v) is 13.8. The summed E-state index contributed by atoms with van der Waals surface area (Å²) in [6, 6.07) is 5.50. The summed E-state index contributed by atoms with van der Waals surface area (Å²) in [6.45, 7) is 2.05. The molecule has 0 amide bonds. The SMILES string of the molecule is CCc1nn(C)c2c1nc(CCl)n2-c1cccc(Cl)c1Cl. The van der Waals surface area contributed by atoms with Crippen molar-refractivity contribution < 1.29 is 0 Å². The Labute approximate surface area is 137 Å². The highest BCUT2D eigenvalue weighted by molar-refractivity contribution is 6.43. The lowest BCUT2D eigenvalue weighted by atomic mass is 10.3. The number of rotatable bonds is 3. The normalized spacial score (nSPS) is 11.5. The maximum Gasteiger partial charge on any atom is 0.163 e. The maximum absolute atomic E-state index is 6.35. The van der Waals surface area contributed by atoms with Crippen LogP contribution in [0.2, 0.25) is 10.0 Å². The average Bonchev–Trinajstić information content (AvgIpc) is 2.99. The van der Waals surface area contributed by atoms with Crippen molar-refractivity contribution in [2.45, 2.75) is 19.2 Å². The topological polar surface area (TPSA) is 35.6 Å². The zero-order chi connectivity index (χ0) is 15.1. The van der Waals surface area contributed by atoms with Gasteiger partial charge in [-0.2, -0.15) is 5.10 Å². The smallest absolute Gasteiger partial charge is 0.163 e. The summed E-state index contributed by atoms with van der Waals surface area (Å²) >= 11 is 18.5. The molecule has 21 heavy (non-hydrogen) atoms. The van der Waals surface area contributed by atoms with E-state index in [1.165, 1.54) is 0 Å². The lowest BCUT2D eigenvalue weighted by Gasteiger charge is -2.11. The van der Waals surface area contributed by atoms with E-state index in [-0.39, 0.29) is 5.88 Å². The average molecular weight is 344 g/mol. The Morgan fingerprint density at radius 1 is 1.24 bits per heavy atom. The number of benzene rings is 1. The Bertz CT molecular complexity index is 819. The summed E-state index contributed by atoms with van der Waals surface area (Å²) in [5, 5.41) is 5.47. The first-order chi connectivity index (χ1) is 10.1. The molecular formula is C14H13Cl3N4. The third-order valence-electron chi connectivity index (χ3n) is 3.40. The van der Waals surface area contributed by atoms with Gasteiger partial charge in [0.15, 0.2) is 5.65 Å². The summed E-state index contributed by atoms with van der Waals surface area (Å²) in [7, 11) is 1.89. The third kappa shape index (κ3) is 2.22. The summed E-state index contributed by atoms with van der Waals surface area (Å²) < 4.78 is 3.72. The van der Waals surface area contributed by atoms with Crippen LogP contribution in [0.15, 0.2) is 18.2 Å². The highest BCUT2D eigenvalue weighted by Gasteiger charge is 2.21. The number of fused-ring (bicyclic) bond motifs is 1. The highest BCUT2D eigenvalue weighted by Crippen LogP contribution is 2.33. The minimum Gasteiger partial charge on any atom is -0.278 e. The number of aromatic nitrogens is 4. The number of imidazole rings is 1. The lowest BCUT2D eigenvalue weighted by molar-refractivity contribution is 0.744. The van der Waals surface area contributed by atoms with Crippen LogP contribution in [0, 0.1) is 0 Å². The molecule has 0 spiro atoms. The molecule has 1 aromatic carbocycles. The number of hydrogen-bond acceptors (Lipinski definition) is 2. The minimum absolute atomic E-state index is 0.278. The van der Waals surface area contributed by atoms with Gasteiger partial charge in [0, 0.05) is 7.05 Å². The second-order valence-corrected chi connectivity index (χ2v) is 5.72. The van der Waals surface area contributed by atoms with E-state index in [1.807, 2.05) is 30.7 Å². The predicted octanol–water partition coefficient (Wildman–Crippen LogP) is 4.37. The zero-order valence-electron chi connectivity index (χ0n) is 11.6. The first kappa shape index (κ1) is 14.7. The molecule has 7 heteroatoms. The molecule has 3 aromatic rings. The monoisotopic (exact) mass is 342 g/mol. The van der Waals surface area contributed by atoms with E-state index in [4.69, 9.17) is 34.8 Å². The van der Waals surface area contributed by atoms with Gasteiger partial charge in [-0.25, -0.2) is 9.67 Å². The van der Waals surface area contributed by atoms with Crippen molar-refractivity contribution in [1.82, 2.24) is 19.3 Å². The van der Waals surface area contributed by atoms with E-state index in [1.54, 1.807) is 10.7 Å². The molecular weight excluding hydrogens is 331 g/mol. The van der Waals surface area contributed by atoms with Crippen molar-refractivity contribution in [3.05, 3.63) is 39.8 Å². The van der Waals surface area contributed by atoms with Crippen LogP contribution >= 0.6 is 34.8 Å². The molecule has 0 saturated carbocycles. The van der Waals surface area contributed by atoms with Gasteiger partial charge in [-0.1, -0.05) is 36.2 Å². The second kappa shape index (κ2) is 5.52. The van der Waals surface area contributed by atoms with Crippen LogP contribution < -0.4 is 0 Å². The Hall–Kier alpha value is -1.23. The van der Waals surface area contributed by atoms with Gasteiger partial charge in [-0.15, -0.1) is 11.6 Å². The molecule has 0 aliphatic carbocycles. The van der Waals surface area contributed by atoms with Gasteiger partial charge in [-0.3, -0.25) is 4.57 Å². The van der Waals surface area contributed by atoms with Gasteiger partial charge in [-0.05, 0) is 18.6 Å². The van der Waals surface area contributed by atoms with Crippen LogP contribution in [-0.2, 0) is 19.3 Å². The summed E-state index contributed by atoms with van der Waals surface area (Å²) in [5.74, 6) is 0.999. The van der Waals surface area contributed by atoms with Crippen molar-refractivity contribution in [1.29, 1.82) is 0 Å². The largest absolute Gasteiger partial charge is 0.278 e. The van der Waals surface area contributed by atoms with Gasteiger partial charge < -0.3 is 0 Å². The highest BCUT2D eigenvalue weighted by atomic mass is 35.5. The molecule has 0 bridgehead atoms. The molecule has 110 valence electrons. The van der Waals surface area contributed by atoms with Crippen LogP contribution in [0.25, 0.3) is 16.9 Å². The number of aryl methyl sites for hydroxylation is 2. The van der Waals surface area contributed by atoms with Crippen LogP contribution in [-0.4, -0.2) is 19.3 Å². The number of nitrogens with zero attached hydrogens (tertiary/aromatic N) is 4. The fraction of sp³-hybridized carbons (Fsp3) is 0.286. The summed E-state index contributed by atoms with van der Waals surface area (Å²) in [4.78, 5) is 4.62. The number of halogens is 3. The van der Waals surface area contributed by atoms with Crippen molar-refractivity contribution in [3.63, 3.8) is 0 Å². The summed E-state index contributed by atoms with van der Waals surface area (Å²) in [5.41, 5.74) is 3.42. The molecule has 2 heterocycles. The van der Waals surface area contributed by atoms with Crippen LogP contribution in [0.4, 0.5) is 0 Å². The summed E-state index contributed by atoms with van der Waals surface area (Å²) in [6.07, 6.45) is 0.805. The Kier molecular flexibility index (Phi) is 3.86. The van der Waals surface area contributed by atoms with Crippen LogP contribution in [0.1, 0.15) is 18.4 Å². The molecule has 0 N–H and O–H groups in total. The molecule has 2 aromatic heterocycles. The minimum atomic E-state index is 0.278. The quantitative estimate of drug-likeness (QED) is 0.662. The molecule has 0 saturated heterocycles. The van der Waals surface area contributed by atoms with E-state index in [0.717, 1.165) is 34.8 Å². The van der Waals surface area contributed by atoms with E-state index in [0.29, 0.717) is 10.0 Å². The van der Waals surface area contributed by atoms with E-state index >= 15 is 0 Å². The fourth-order valence-corrected chi connectivity index (χ4v) is 3.03. The van der Waals surface area contributed by atoms with Crippen LogP contribution in [0.3, 0.4) is 0 Å². The van der Waals surface area contributed by atoms with Gasteiger partial charge in [0.25, 0.3) is 0 Å². The molecule has 0 aliphatic heterocycles. The first-order valence-electron chi connectivity index (χ1n) is 6.52. The van der Waals surface area contributed by atoms with E-state index in [9.17, 15) is 0 Å². The maximum atomic E-state index is 6.35. The van der Waals surface area contributed by atoms with Crippen molar-refractivity contribution >= 4 is 46.0 Å². The van der Waals surface area contributed by atoms with E-state index < -0.39 is 0 Å². The molecule has 0 fully saturated rings. The molecule has 0 radical (unpaired) electrons. The number of alkyl halides is 1. The molecule has 0 atom stereocenters. The fourth-order valence-electron chi connectivity index (χ4n) is 2.47. The molecule has 3 rings (SSSR count). The predicted molar refractivity (Wildman–Crippen MR) is 86.8 cm³/mol. The van der Waals surface area contributed by atoms with Gasteiger partial charge in [0.2, 0.25) is 0 Å². The second-order valence-electron chi connectivity index (χ2n) is 4.67. The van der Waals surface area contributed by atoms with Gasteiger partial charge in [0.05, 0.1) is 27.3 Å². The van der Waals surface area contributed by atoms with Crippen molar-refractivity contribution in [2.75, 3.05) is 0 Å². The standard InChI is InChI=1S/C14H13Cl3N4/c1-3-9-13-14(20(2)19-9)21(11(7-15)18-13)10-6-4-5-8(16)12(10)17/h4-6H,3,7H2,1-2H3. The van der Waals surface area contributed by atoms with Crippen LogP contribution in [0.5, 0.6) is 0 Å². The third-order valence-corrected chi connectivity index (χ3v) is 4.45. The van der Waals surface area contributed by atoms with Crippen molar-refractivity contribution in [3.8, 4) is 5.69 Å². The first-order valence-corrected chi connectivity index (χ1v) is 7.81. The van der Waals surface area contributed by atoms with Gasteiger partial charge in [0.1, 0.15) is 11.3 Å². The number of hydrogen-bond donors (Lipinski definition) is 0. The molecule has 0 unspecified atom stereocenters. The molecule has 4 nitrogen and oxygen atoms in total. The van der Waals surface area contributed by atoms with Gasteiger partial charge >= 0.3 is 0 Å².